The molecule has 0 aliphatic carbocycles. The summed E-state index contributed by atoms with van der Waals surface area (Å²) in [5, 5.41) is 2.98. The first-order chi connectivity index (χ1) is 9.58. The summed E-state index contributed by atoms with van der Waals surface area (Å²) in [6.45, 7) is 6.13. The van der Waals surface area contributed by atoms with E-state index in [9.17, 15) is 4.79 Å². The first-order valence-corrected chi connectivity index (χ1v) is 7.94. The molecule has 5 nitrogen and oxygen atoms in total. The summed E-state index contributed by atoms with van der Waals surface area (Å²) in [5.74, 6) is 0.0603. The highest BCUT2D eigenvalue weighted by Gasteiger charge is 2.21. The smallest absolute Gasteiger partial charge is 0.237 e. The van der Waals surface area contributed by atoms with Gasteiger partial charge in [-0.05, 0) is 33.7 Å². The Morgan fingerprint density at radius 1 is 1.70 bits per heavy atom. The molecule has 20 heavy (non-hydrogen) atoms. The molecule has 0 aromatic carbocycles. The predicted octanol–water partition coefficient (Wildman–Crippen LogP) is 1.57. The minimum absolute atomic E-state index is 0.0603. The lowest BCUT2D eigenvalue weighted by Crippen LogP contribution is -2.45. The maximum absolute atomic E-state index is 12.1. The molecular weight excluding hydrogens is 274 g/mol. The predicted molar refractivity (Wildman–Crippen MR) is 79.8 cm³/mol. The number of nitrogens with zero attached hydrogens (tertiary/aromatic N) is 2. The third-order valence-electron chi connectivity index (χ3n) is 3.81. The Hall–Kier alpha value is -0.980. The SMILES string of the molecule is Cc1ncsc1CN(C)C(C)C(=O)NCC1CCCO1. The van der Waals surface area contributed by atoms with Gasteiger partial charge in [-0.15, -0.1) is 11.3 Å². The van der Waals surface area contributed by atoms with Crippen molar-refractivity contribution in [3.05, 3.63) is 16.1 Å². The van der Waals surface area contributed by atoms with Gasteiger partial charge in [0.05, 0.1) is 23.4 Å². The zero-order valence-corrected chi connectivity index (χ0v) is 13.2. The van der Waals surface area contributed by atoms with E-state index < -0.39 is 0 Å². The van der Waals surface area contributed by atoms with Crippen molar-refractivity contribution >= 4 is 17.2 Å². The first-order valence-electron chi connectivity index (χ1n) is 7.06. The second kappa shape index (κ2) is 7.15. The van der Waals surface area contributed by atoms with Crippen LogP contribution in [0.25, 0.3) is 0 Å². The van der Waals surface area contributed by atoms with Crippen LogP contribution in [0.15, 0.2) is 5.51 Å². The topological polar surface area (TPSA) is 54.5 Å². The highest BCUT2D eigenvalue weighted by molar-refractivity contribution is 7.09. The average Bonchev–Trinajstić information content (AvgIpc) is 3.07. The Morgan fingerprint density at radius 2 is 2.50 bits per heavy atom. The maximum atomic E-state index is 12.1. The van der Waals surface area contributed by atoms with E-state index in [1.807, 2.05) is 31.3 Å². The van der Waals surface area contributed by atoms with Gasteiger partial charge < -0.3 is 10.1 Å². The van der Waals surface area contributed by atoms with Crippen molar-refractivity contribution in [1.29, 1.82) is 0 Å². The number of thiazole rings is 1. The zero-order chi connectivity index (χ0) is 14.5. The van der Waals surface area contributed by atoms with Gasteiger partial charge in [-0.3, -0.25) is 9.69 Å². The van der Waals surface area contributed by atoms with Crippen molar-refractivity contribution in [2.24, 2.45) is 0 Å². The number of nitrogens with one attached hydrogen (secondary N) is 1. The van der Waals surface area contributed by atoms with Crippen molar-refractivity contribution in [1.82, 2.24) is 15.2 Å². The Morgan fingerprint density at radius 3 is 3.10 bits per heavy atom. The minimum atomic E-state index is -0.155. The molecule has 1 aromatic rings. The van der Waals surface area contributed by atoms with Crippen molar-refractivity contribution in [3.8, 4) is 0 Å². The molecular formula is C14H23N3O2S. The van der Waals surface area contributed by atoms with E-state index in [1.54, 1.807) is 11.3 Å². The molecule has 0 radical (unpaired) electrons. The zero-order valence-electron chi connectivity index (χ0n) is 12.4. The Bertz CT molecular complexity index is 443. The van der Waals surface area contributed by atoms with Gasteiger partial charge in [-0.2, -0.15) is 0 Å². The number of hydrogen-bond acceptors (Lipinski definition) is 5. The van der Waals surface area contributed by atoms with Crippen LogP contribution in [-0.4, -0.2) is 48.1 Å². The van der Waals surface area contributed by atoms with Crippen LogP contribution in [0, 0.1) is 6.92 Å². The summed E-state index contributed by atoms with van der Waals surface area (Å²) in [5.41, 5.74) is 2.90. The molecule has 2 rings (SSSR count). The number of amides is 1. The summed E-state index contributed by atoms with van der Waals surface area (Å²) in [4.78, 5) is 19.6. The van der Waals surface area contributed by atoms with Crippen LogP contribution in [-0.2, 0) is 16.1 Å². The number of carbonyl (C=O) groups excluding carboxylic acids is 1. The minimum Gasteiger partial charge on any atom is -0.376 e. The van der Waals surface area contributed by atoms with Crippen LogP contribution in [0.2, 0.25) is 0 Å². The quantitative estimate of drug-likeness (QED) is 0.866. The molecule has 0 saturated carbocycles. The second-order valence-electron chi connectivity index (χ2n) is 5.33. The van der Waals surface area contributed by atoms with Crippen LogP contribution in [0.1, 0.15) is 30.3 Å². The summed E-state index contributed by atoms with van der Waals surface area (Å²) in [6, 6.07) is -0.155. The van der Waals surface area contributed by atoms with Crippen LogP contribution >= 0.6 is 11.3 Å². The molecule has 1 aromatic heterocycles. The van der Waals surface area contributed by atoms with Gasteiger partial charge in [0.15, 0.2) is 0 Å². The first kappa shape index (κ1) is 15.4. The summed E-state index contributed by atoms with van der Waals surface area (Å²) in [7, 11) is 1.97. The van der Waals surface area contributed by atoms with Crippen molar-refractivity contribution < 1.29 is 9.53 Å². The molecule has 1 N–H and O–H groups in total. The molecule has 1 aliphatic rings. The van der Waals surface area contributed by atoms with Crippen molar-refractivity contribution in [2.75, 3.05) is 20.2 Å². The van der Waals surface area contributed by atoms with Gasteiger partial charge in [0.1, 0.15) is 0 Å². The molecule has 1 fully saturated rings. The number of hydrogen-bond donors (Lipinski definition) is 1. The standard InChI is InChI=1S/C14H23N3O2S/c1-10-13(20-9-16-10)8-17(3)11(2)14(18)15-7-12-5-4-6-19-12/h9,11-12H,4-8H2,1-3H3,(H,15,18). The molecule has 2 unspecified atom stereocenters. The van der Waals surface area contributed by atoms with Gasteiger partial charge in [0, 0.05) is 24.6 Å². The second-order valence-corrected chi connectivity index (χ2v) is 6.27. The average molecular weight is 297 g/mol. The Kier molecular flexibility index (Phi) is 5.51. The molecule has 112 valence electrons. The number of aromatic nitrogens is 1. The summed E-state index contributed by atoms with van der Waals surface area (Å²) in [6.07, 6.45) is 2.34. The molecule has 2 atom stereocenters. The number of carbonyl (C=O) groups is 1. The van der Waals surface area contributed by atoms with Gasteiger partial charge in [-0.25, -0.2) is 4.98 Å². The fourth-order valence-corrected chi connectivity index (χ4v) is 3.05. The maximum Gasteiger partial charge on any atom is 0.237 e. The number of aryl methyl sites for hydroxylation is 1. The lowest BCUT2D eigenvalue weighted by Gasteiger charge is -2.24. The van der Waals surface area contributed by atoms with Crippen LogP contribution in [0.5, 0.6) is 0 Å². The molecule has 1 saturated heterocycles. The molecule has 1 aliphatic heterocycles. The van der Waals surface area contributed by atoms with E-state index in [0.717, 1.165) is 31.7 Å². The lowest BCUT2D eigenvalue weighted by atomic mass is 10.2. The van der Waals surface area contributed by atoms with Crippen LogP contribution in [0.3, 0.4) is 0 Å². The van der Waals surface area contributed by atoms with E-state index in [0.29, 0.717) is 6.54 Å². The summed E-state index contributed by atoms with van der Waals surface area (Å²) < 4.78 is 5.51. The largest absolute Gasteiger partial charge is 0.376 e. The molecule has 2 heterocycles. The lowest BCUT2D eigenvalue weighted by molar-refractivity contribution is -0.126. The van der Waals surface area contributed by atoms with Gasteiger partial charge in [0.25, 0.3) is 0 Å². The van der Waals surface area contributed by atoms with Crippen LogP contribution in [0.4, 0.5) is 0 Å². The molecule has 6 heteroatoms. The van der Waals surface area contributed by atoms with E-state index in [2.05, 4.69) is 10.3 Å². The van der Waals surface area contributed by atoms with Gasteiger partial charge in [-0.1, -0.05) is 0 Å². The van der Waals surface area contributed by atoms with E-state index in [4.69, 9.17) is 4.74 Å². The molecule has 0 spiro atoms. The molecule has 1 amide bonds. The van der Waals surface area contributed by atoms with Crippen LogP contribution < -0.4 is 5.32 Å². The monoisotopic (exact) mass is 297 g/mol. The number of ether oxygens (including phenoxy) is 1. The fourth-order valence-electron chi connectivity index (χ4n) is 2.21. The highest BCUT2D eigenvalue weighted by atomic mass is 32.1. The Balaban J connectivity index is 1.78. The number of rotatable bonds is 6. The fraction of sp³-hybridized carbons (Fsp3) is 0.714. The third-order valence-corrected chi connectivity index (χ3v) is 4.73. The Labute approximate surface area is 124 Å². The van der Waals surface area contributed by atoms with E-state index >= 15 is 0 Å². The highest BCUT2D eigenvalue weighted by Crippen LogP contribution is 2.15. The van der Waals surface area contributed by atoms with E-state index in [1.165, 1.54) is 4.88 Å². The molecule has 0 bridgehead atoms. The third kappa shape index (κ3) is 4.01. The van der Waals surface area contributed by atoms with Crippen molar-refractivity contribution in [2.45, 2.75) is 45.4 Å². The summed E-state index contributed by atoms with van der Waals surface area (Å²) >= 11 is 1.64. The van der Waals surface area contributed by atoms with Gasteiger partial charge in [0.2, 0.25) is 5.91 Å². The van der Waals surface area contributed by atoms with Crippen molar-refractivity contribution in [3.63, 3.8) is 0 Å². The van der Waals surface area contributed by atoms with Gasteiger partial charge >= 0.3 is 0 Å². The normalized spacial score (nSPS) is 20.3. The van der Waals surface area contributed by atoms with E-state index in [-0.39, 0.29) is 18.1 Å². The number of likely N-dealkylation sites (N-methyl/N-ethyl adjacent to an activating group) is 1.